The van der Waals surface area contributed by atoms with Gasteiger partial charge in [0.15, 0.2) is 6.61 Å². The molecule has 0 saturated heterocycles. The number of nitrogens with one attached hydrogen (secondary N) is 1. The summed E-state index contributed by atoms with van der Waals surface area (Å²) in [5, 5.41) is 11.8. The molecule has 0 unspecified atom stereocenters. The monoisotopic (exact) mass is 332 g/mol. The van der Waals surface area contributed by atoms with E-state index in [4.69, 9.17) is 26.0 Å². The molecule has 0 spiro atoms. The Hall–Kier alpha value is -2.78. The Balaban J connectivity index is 1.80. The van der Waals surface area contributed by atoms with E-state index < -0.39 is 18.5 Å². The van der Waals surface area contributed by atoms with Crippen LogP contribution >= 0.6 is 11.6 Å². The van der Waals surface area contributed by atoms with E-state index in [2.05, 4.69) is 5.32 Å². The van der Waals surface area contributed by atoms with Crippen LogP contribution in [0.15, 0.2) is 41.0 Å². The molecule has 0 aliphatic carbocycles. The van der Waals surface area contributed by atoms with E-state index in [-0.39, 0.29) is 17.7 Å². The van der Waals surface area contributed by atoms with E-state index in [1.807, 2.05) is 6.07 Å². The number of rotatable bonds is 6. The van der Waals surface area contributed by atoms with Gasteiger partial charge in [0.1, 0.15) is 11.8 Å². The molecule has 0 bridgehead atoms. The third-order valence-corrected chi connectivity index (χ3v) is 3.13. The van der Waals surface area contributed by atoms with Crippen LogP contribution < -0.4 is 5.32 Å². The fraction of sp³-hybridized carbons (Fsp3) is 0.188. The van der Waals surface area contributed by atoms with Crippen molar-refractivity contribution in [2.45, 2.75) is 12.8 Å². The van der Waals surface area contributed by atoms with Gasteiger partial charge in [-0.1, -0.05) is 11.6 Å². The molecule has 2 rings (SSSR count). The molecule has 0 aliphatic rings. The molecule has 0 saturated carbocycles. The van der Waals surface area contributed by atoms with E-state index in [0.717, 1.165) is 0 Å². The summed E-state index contributed by atoms with van der Waals surface area (Å²) >= 11 is 5.82. The molecule has 1 amide bonds. The van der Waals surface area contributed by atoms with Crippen molar-refractivity contribution in [2.24, 2.45) is 0 Å². The third-order valence-electron chi connectivity index (χ3n) is 2.90. The Morgan fingerprint density at radius 1 is 1.35 bits per heavy atom. The number of carbonyl (C=O) groups is 2. The molecule has 1 N–H and O–H groups in total. The van der Waals surface area contributed by atoms with Crippen LogP contribution in [0, 0.1) is 11.3 Å². The second-order valence-corrected chi connectivity index (χ2v) is 5.03. The van der Waals surface area contributed by atoms with Crippen molar-refractivity contribution < 1.29 is 18.7 Å². The number of nitriles is 1. The maximum atomic E-state index is 11.8. The van der Waals surface area contributed by atoms with Gasteiger partial charge < -0.3 is 14.5 Å². The van der Waals surface area contributed by atoms with Crippen molar-refractivity contribution in [1.29, 1.82) is 5.26 Å². The summed E-state index contributed by atoms with van der Waals surface area (Å²) in [6, 6.07) is 9.91. The molecular weight excluding hydrogens is 320 g/mol. The molecule has 1 heterocycles. The summed E-state index contributed by atoms with van der Waals surface area (Å²) in [5.41, 5.74) is 0.545. The first-order valence-corrected chi connectivity index (χ1v) is 7.14. The van der Waals surface area contributed by atoms with E-state index in [0.29, 0.717) is 17.2 Å². The highest BCUT2D eigenvalue weighted by Gasteiger charge is 2.11. The van der Waals surface area contributed by atoms with E-state index in [1.165, 1.54) is 18.4 Å². The number of carbonyl (C=O) groups excluding carboxylic acids is 2. The lowest BCUT2D eigenvalue weighted by atomic mass is 10.2. The van der Waals surface area contributed by atoms with Crippen LogP contribution in [0.4, 0.5) is 5.69 Å². The van der Waals surface area contributed by atoms with Gasteiger partial charge in [0.25, 0.3) is 5.91 Å². The predicted octanol–water partition coefficient (Wildman–Crippen LogP) is 2.92. The maximum absolute atomic E-state index is 11.8. The fourth-order valence-corrected chi connectivity index (χ4v) is 1.97. The minimum atomic E-state index is -0.546. The number of furan rings is 1. The Labute approximate surface area is 137 Å². The first-order valence-electron chi connectivity index (χ1n) is 6.76. The van der Waals surface area contributed by atoms with E-state index in [1.54, 1.807) is 18.2 Å². The molecular formula is C16H13ClN2O4. The van der Waals surface area contributed by atoms with Crippen molar-refractivity contribution in [1.82, 2.24) is 0 Å². The summed E-state index contributed by atoms with van der Waals surface area (Å²) in [4.78, 5) is 23.3. The molecule has 1 aromatic heterocycles. The highest BCUT2D eigenvalue weighted by Crippen LogP contribution is 2.20. The molecule has 2 aromatic rings. The number of esters is 1. The van der Waals surface area contributed by atoms with Gasteiger partial charge in [0.05, 0.1) is 23.9 Å². The van der Waals surface area contributed by atoms with Gasteiger partial charge in [-0.2, -0.15) is 5.26 Å². The standard InChI is InChI=1S/C16H13ClN2O4/c17-12-4-3-11(9-18)14(8-12)19-15(20)10-23-16(21)6-5-13-2-1-7-22-13/h1-4,7-8H,5-6,10H2,(H,19,20). The van der Waals surface area contributed by atoms with Crippen LogP contribution in [0.25, 0.3) is 0 Å². The van der Waals surface area contributed by atoms with Gasteiger partial charge in [0, 0.05) is 11.4 Å². The van der Waals surface area contributed by atoms with Crippen molar-refractivity contribution in [3.8, 4) is 6.07 Å². The van der Waals surface area contributed by atoms with Gasteiger partial charge in [-0.05, 0) is 30.3 Å². The second kappa shape index (κ2) is 8.01. The largest absolute Gasteiger partial charge is 0.469 e. The van der Waals surface area contributed by atoms with Gasteiger partial charge in [0.2, 0.25) is 0 Å². The zero-order valence-corrected chi connectivity index (χ0v) is 12.8. The molecule has 23 heavy (non-hydrogen) atoms. The highest BCUT2D eigenvalue weighted by atomic mass is 35.5. The highest BCUT2D eigenvalue weighted by molar-refractivity contribution is 6.31. The number of amides is 1. The zero-order chi connectivity index (χ0) is 16.7. The zero-order valence-electron chi connectivity index (χ0n) is 12.0. The van der Waals surface area contributed by atoms with Crippen LogP contribution in [-0.2, 0) is 20.7 Å². The summed E-state index contributed by atoms with van der Waals surface area (Å²) in [6.45, 7) is -0.436. The summed E-state index contributed by atoms with van der Waals surface area (Å²) in [5.74, 6) is -0.387. The topological polar surface area (TPSA) is 92.3 Å². The first-order chi connectivity index (χ1) is 11.1. The van der Waals surface area contributed by atoms with Crippen LogP contribution in [0.2, 0.25) is 5.02 Å². The van der Waals surface area contributed by atoms with Crippen LogP contribution in [0.3, 0.4) is 0 Å². The van der Waals surface area contributed by atoms with E-state index >= 15 is 0 Å². The van der Waals surface area contributed by atoms with Gasteiger partial charge in [-0.15, -0.1) is 0 Å². The number of ether oxygens (including phenoxy) is 1. The number of halogens is 1. The van der Waals surface area contributed by atoms with Crippen LogP contribution in [0.5, 0.6) is 0 Å². The lowest BCUT2D eigenvalue weighted by molar-refractivity contribution is -0.147. The maximum Gasteiger partial charge on any atom is 0.306 e. The molecule has 1 aromatic carbocycles. The number of aryl methyl sites for hydroxylation is 1. The van der Waals surface area contributed by atoms with Gasteiger partial charge in [-0.3, -0.25) is 9.59 Å². The Bertz CT molecular complexity index is 735. The van der Waals surface area contributed by atoms with Crippen molar-refractivity contribution >= 4 is 29.2 Å². The van der Waals surface area contributed by atoms with Crippen molar-refractivity contribution in [3.63, 3.8) is 0 Å². The lowest BCUT2D eigenvalue weighted by Crippen LogP contribution is -2.21. The van der Waals surface area contributed by atoms with Gasteiger partial charge >= 0.3 is 5.97 Å². The minimum absolute atomic E-state index is 0.113. The summed E-state index contributed by atoms with van der Waals surface area (Å²) < 4.78 is 9.96. The Kier molecular flexibility index (Phi) is 5.78. The van der Waals surface area contributed by atoms with E-state index in [9.17, 15) is 9.59 Å². The molecule has 0 atom stereocenters. The van der Waals surface area contributed by atoms with Crippen LogP contribution in [-0.4, -0.2) is 18.5 Å². The fourth-order valence-electron chi connectivity index (χ4n) is 1.80. The molecule has 0 fully saturated rings. The number of hydrogen-bond donors (Lipinski definition) is 1. The molecule has 0 radical (unpaired) electrons. The average molecular weight is 333 g/mol. The molecule has 6 nitrogen and oxygen atoms in total. The number of hydrogen-bond acceptors (Lipinski definition) is 5. The smallest absolute Gasteiger partial charge is 0.306 e. The second-order valence-electron chi connectivity index (χ2n) is 4.59. The number of benzene rings is 1. The summed E-state index contributed by atoms with van der Waals surface area (Å²) in [6.07, 6.45) is 2.04. The predicted molar refractivity (Wildman–Crippen MR) is 82.8 cm³/mol. The van der Waals surface area contributed by atoms with Crippen molar-refractivity contribution in [2.75, 3.05) is 11.9 Å². The third kappa shape index (κ3) is 5.16. The first kappa shape index (κ1) is 16.6. The number of nitrogens with zero attached hydrogens (tertiary/aromatic N) is 1. The average Bonchev–Trinajstić information content (AvgIpc) is 3.04. The number of anilines is 1. The lowest BCUT2D eigenvalue weighted by Gasteiger charge is -2.08. The minimum Gasteiger partial charge on any atom is -0.469 e. The molecule has 118 valence electrons. The van der Waals surface area contributed by atoms with Crippen molar-refractivity contribution in [3.05, 3.63) is 52.9 Å². The normalized spacial score (nSPS) is 9.91. The van der Waals surface area contributed by atoms with Gasteiger partial charge in [-0.25, -0.2) is 0 Å². The SMILES string of the molecule is N#Cc1ccc(Cl)cc1NC(=O)COC(=O)CCc1ccco1. The Morgan fingerprint density at radius 2 is 2.17 bits per heavy atom. The Morgan fingerprint density at radius 3 is 2.87 bits per heavy atom. The summed E-state index contributed by atoms with van der Waals surface area (Å²) in [7, 11) is 0. The quantitative estimate of drug-likeness (QED) is 0.821. The molecule has 0 aliphatic heterocycles. The molecule has 7 heteroatoms. The van der Waals surface area contributed by atoms with Crippen LogP contribution in [0.1, 0.15) is 17.7 Å².